The second-order valence-electron chi connectivity index (χ2n) is 7.25. The van der Waals surface area contributed by atoms with E-state index in [4.69, 9.17) is 10.5 Å². The number of hydrogen-bond acceptors (Lipinski definition) is 5. The van der Waals surface area contributed by atoms with Gasteiger partial charge in [0.05, 0.1) is 31.0 Å². The highest BCUT2D eigenvalue weighted by molar-refractivity contribution is 5.82. The van der Waals surface area contributed by atoms with E-state index < -0.39 is 0 Å². The minimum Gasteiger partial charge on any atom is -0.383 e. The van der Waals surface area contributed by atoms with Crippen molar-refractivity contribution in [2.45, 2.75) is 58.0 Å². The van der Waals surface area contributed by atoms with Crippen LogP contribution in [0.5, 0.6) is 0 Å². The fourth-order valence-electron chi connectivity index (χ4n) is 3.53. The number of nitrogens with two attached hydrogens (primary N) is 1. The van der Waals surface area contributed by atoms with Gasteiger partial charge in [0.15, 0.2) is 0 Å². The molecule has 0 bridgehead atoms. The monoisotopic (exact) mass is 321 g/mol. The fourth-order valence-corrected chi connectivity index (χ4v) is 3.53. The van der Waals surface area contributed by atoms with E-state index in [0.717, 1.165) is 37.8 Å². The van der Waals surface area contributed by atoms with Gasteiger partial charge in [-0.2, -0.15) is 0 Å². The Kier molecular flexibility index (Phi) is 6.78. The van der Waals surface area contributed by atoms with E-state index in [-0.39, 0.29) is 23.9 Å². The summed E-state index contributed by atoms with van der Waals surface area (Å²) in [4.78, 5) is 16.2. The molecule has 23 heavy (non-hydrogen) atoms. The van der Waals surface area contributed by atoms with Gasteiger partial charge in [0.1, 0.15) is 5.78 Å². The molecule has 1 heterocycles. The Morgan fingerprint density at radius 1 is 1.35 bits per heavy atom. The lowest BCUT2D eigenvalue weighted by Crippen LogP contribution is -2.41. The maximum atomic E-state index is 12.1. The molecular formula is C18H31N3O2. The summed E-state index contributed by atoms with van der Waals surface area (Å²) < 4.78 is 5.34. The highest BCUT2D eigenvalue weighted by atomic mass is 16.5. The van der Waals surface area contributed by atoms with Crippen LogP contribution in [0.4, 0.5) is 0 Å². The molecule has 2 aliphatic rings. The summed E-state index contributed by atoms with van der Waals surface area (Å²) >= 11 is 0. The summed E-state index contributed by atoms with van der Waals surface area (Å²) in [7, 11) is 0. The molecule has 0 aromatic heterocycles. The van der Waals surface area contributed by atoms with Crippen molar-refractivity contribution >= 4 is 12.5 Å². The van der Waals surface area contributed by atoms with Crippen LogP contribution >= 0.6 is 0 Å². The van der Waals surface area contributed by atoms with Crippen molar-refractivity contribution in [1.29, 1.82) is 0 Å². The van der Waals surface area contributed by atoms with Gasteiger partial charge in [-0.05, 0) is 44.7 Å². The maximum Gasteiger partial charge on any atom is 0.138 e. The number of allylic oxidation sites excluding steroid dienone is 1. The second-order valence-corrected chi connectivity index (χ2v) is 7.25. The molecule has 130 valence electrons. The molecule has 0 aromatic carbocycles. The average molecular weight is 321 g/mol. The Morgan fingerprint density at radius 3 is 2.57 bits per heavy atom. The Balaban J connectivity index is 1.79. The van der Waals surface area contributed by atoms with E-state index in [2.05, 4.69) is 17.0 Å². The smallest absolute Gasteiger partial charge is 0.138 e. The molecule has 0 amide bonds. The van der Waals surface area contributed by atoms with Crippen molar-refractivity contribution in [3.8, 4) is 0 Å². The van der Waals surface area contributed by atoms with Crippen molar-refractivity contribution in [3.63, 3.8) is 0 Å². The topological polar surface area (TPSA) is 76.7 Å². The molecule has 1 saturated heterocycles. The Hall–Kier alpha value is -1.20. The molecule has 2 atom stereocenters. The molecule has 2 rings (SSSR count). The van der Waals surface area contributed by atoms with Crippen LogP contribution in [-0.4, -0.2) is 37.8 Å². The van der Waals surface area contributed by atoms with Gasteiger partial charge in [-0.1, -0.05) is 13.8 Å². The van der Waals surface area contributed by atoms with Gasteiger partial charge in [0.25, 0.3) is 0 Å². The highest BCUT2D eigenvalue weighted by Crippen LogP contribution is 2.34. The number of nitrogens with one attached hydrogen (secondary N) is 1. The third kappa shape index (κ3) is 5.15. The van der Waals surface area contributed by atoms with Crippen LogP contribution in [0, 0.1) is 17.8 Å². The summed E-state index contributed by atoms with van der Waals surface area (Å²) in [5.74, 6) is 1.45. The summed E-state index contributed by atoms with van der Waals surface area (Å²) in [6, 6.07) is 0.195. The fraction of sp³-hybridized carbons (Fsp3) is 0.778. The van der Waals surface area contributed by atoms with E-state index in [1.54, 1.807) is 0 Å². The van der Waals surface area contributed by atoms with Gasteiger partial charge in [-0.15, -0.1) is 0 Å². The number of ether oxygens (including phenoxy) is 1. The first-order chi connectivity index (χ1) is 11.0. The van der Waals surface area contributed by atoms with Crippen LogP contribution in [-0.2, 0) is 9.53 Å². The lowest BCUT2D eigenvalue weighted by atomic mass is 9.76. The summed E-state index contributed by atoms with van der Waals surface area (Å²) in [6.07, 6.45) is 7.09. The van der Waals surface area contributed by atoms with Crippen molar-refractivity contribution in [2.75, 3.05) is 13.2 Å². The quantitative estimate of drug-likeness (QED) is 0.705. The third-order valence-electron chi connectivity index (χ3n) is 5.11. The molecule has 3 N–H and O–H groups in total. The predicted molar refractivity (Wildman–Crippen MR) is 93.3 cm³/mol. The van der Waals surface area contributed by atoms with Gasteiger partial charge in [-0.3, -0.25) is 9.79 Å². The first kappa shape index (κ1) is 18.1. The molecule has 0 spiro atoms. The van der Waals surface area contributed by atoms with Crippen LogP contribution < -0.4 is 11.1 Å². The zero-order chi connectivity index (χ0) is 16.8. The van der Waals surface area contributed by atoms with E-state index in [1.807, 2.05) is 20.0 Å². The third-order valence-corrected chi connectivity index (χ3v) is 5.11. The largest absolute Gasteiger partial charge is 0.383 e. The van der Waals surface area contributed by atoms with Crippen LogP contribution in [0.2, 0.25) is 0 Å². The number of carbonyl (C=O) groups is 1. The predicted octanol–water partition coefficient (Wildman–Crippen LogP) is 2.27. The van der Waals surface area contributed by atoms with Crippen LogP contribution in [0.25, 0.3) is 0 Å². The maximum absolute atomic E-state index is 12.1. The Bertz CT molecular complexity index is 440. The van der Waals surface area contributed by atoms with Crippen molar-refractivity contribution in [2.24, 2.45) is 28.5 Å². The van der Waals surface area contributed by atoms with Crippen LogP contribution in [0.15, 0.2) is 16.9 Å². The van der Waals surface area contributed by atoms with Crippen LogP contribution in [0.3, 0.4) is 0 Å². The number of aliphatic imine (C=N–C) groups is 1. The van der Waals surface area contributed by atoms with Crippen molar-refractivity contribution in [1.82, 2.24) is 5.32 Å². The number of nitrogens with zero attached hydrogens (tertiary/aromatic N) is 1. The minimum atomic E-state index is 0.0369. The first-order valence-electron chi connectivity index (χ1n) is 8.80. The normalized spacial score (nSPS) is 32.1. The molecule has 1 aliphatic heterocycles. The molecule has 0 radical (unpaired) electrons. The molecule has 2 fully saturated rings. The number of carbonyl (C=O) groups excluding carboxylic acids is 1. The average Bonchev–Trinajstić information content (AvgIpc) is 2.96. The Labute approximate surface area is 139 Å². The zero-order valence-corrected chi connectivity index (χ0v) is 14.5. The van der Waals surface area contributed by atoms with Crippen molar-refractivity contribution < 1.29 is 9.53 Å². The Morgan fingerprint density at radius 2 is 2.04 bits per heavy atom. The first-order valence-corrected chi connectivity index (χ1v) is 8.80. The standard InChI is InChI=1S/C18H31N3O2/c1-12(2)18(22)14-6-4-13(5-7-14)8-15(20-3)9-21-17-11-23-10-16(17)19/h9,12-14,16-17,21H,3-8,10-11,19H2,1-2H3/b15-9-. The van der Waals surface area contributed by atoms with E-state index >= 15 is 0 Å². The van der Waals surface area contributed by atoms with Gasteiger partial charge in [-0.25, -0.2) is 0 Å². The minimum absolute atomic E-state index is 0.0369. The summed E-state index contributed by atoms with van der Waals surface area (Å²) in [5.41, 5.74) is 6.94. The van der Waals surface area contributed by atoms with Gasteiger partial charge >= 0.3 is 0 Å². The molecule has 5 nitrogen and oxygen atoms in total. The van der Waals surface area contributed by atoms with E-state index in [9.17, 15) is 4.79 Å². The molecule has 0 aromatic rings. The summed E-state index contributed by atoms with van der Waals surface area (Å²) in [6.45, 7) is 8.93. The summed E-state index contributed by atoms with van der Waals surface area (Å²) in [5, 5.41) is 3.31. The SMILES string of the molecule is C=N/C(=C\NC1COCC1N)CC1CCC(C(=O)C(C)C)CC1. The van der Waals surface area contributed by atoms with E-state index in [1.165, 1.54) is 0 Å². The van der Waals surface area contributed by atoms with Gasteiger partial charge in [0.2, 0.25) is 0 Å². The lowest BCUT2D eigenvalue weighted by molar-refractivity contribution is -0.127. The zero-order valence-electron chi connectivity index (χ0n) is 14.5. The number of hydrogen-bond donors (Lipinski definition) is 2. The van der Waals surface area contributed by atoms with Crippen molar-refractivity contribution in [3.05, 3.63) is 11.9 Å². The number of Topliss-reactive ketones (excluding diaryl/α,β-unsaturated/α-hetero) is 1. The second kappa shape index (κ2) is 8.60. The van der Waals surface area contributed by atoms with Gasteiger partial charge in [0, 0.05) is 18.0 Å². The van der Waals surface area contributed by atoms with Gasteiger partial charge < -0.3 is 15.8 Å². The molecular weight excluding hydrogens is 290 g/mol. The molecule has 5 heteroatoms. The molecule has 2 unspecified atom stereocenters. The number of rotatable bonds is 7. The lowest BCUT2D eigenvalue weighted by Gasteiger charge is -2.28. The van der Waals surface area contributed by atoms with E-state index in [0.29, 0.717) is 24.9 Å². The highest BCUT2D eigenvalue weighted by Gasteiger charge is 2.28. The molecule has 1 saturated carbocycles. The number of ketones is 1. The molecule has 1 aliphatic carbocycles. The van der Waals surface area contributed by atoms with Crippen LogP contribution in [0.1, 0.15) is 46.0 Å².